The van der Waals surface area contributed by atoms with Crippen LogP contribution < -0.4 is 10.5 Å². The van der Waals surface area contributed by atoms with Crippen LogP contribution in [0.4, 0.5) is 5.82 Å². The average molecular weight is 334 g/mol. The van der Waals surface area contributed by atoms with Gasteiger partial charge in [0.15, 0.2) is 0 Å². The van der Waals surface area contributed by atoms with E-state index >= 15 is 0 Å². The zero-order valence-electron chi connectivity index (χ0n) is 11.3. The minimum Gasteiger partial charge on any atom is -0.458 e. The second-order valence-electron chi connectivity index (χ2n) is 4.37. The summed E-state index contributed by atoms with van der Waals surface area (Å²) in [6.07, 6.45) is 8.29. The van der Waals surface area contributed by atoms with E-state index in [-0.39, 0.29) is 6.01 Å². The smallest absolute Gasteiger partial charge is 0.318 e. The maximum Gasteiger partial charge on any atom is 0.318 e. The van der Waals surface area contributed by atoms with Crippen molar-refractivity contribution in [1.29, 1.82) is 0 Å². The largest absolute Gasteiger partial charge is 0.458 e. The van der Waals surface area contributed by atoms with E-state index in [2.05, 4.69) is 44.7 Å². The van der Waals surface area contributed by atoms with Crippen molar-refractivity contribution in [3.63, 3.8) is 0 Å². The van der Waals surface area contributed by atoms with Crippen molar-refractivity contribution in [1.82, 2.24) is 9.97 Å². The van der Waals surface area contributed by atoms with E-state index in [1.807, 2.05) is 12.2 Å². The Morgan fingerprint density at radius 3 is 3.10 bits per heavy atom. The van der Waals surface area contributed by atoms with Crippen molar-refractivity contribution in [2.24, 2.45) is 0 Å². The second kappa shape index (κ2) is 7.11. The van der Waals surface area contributed by atoms with E-state index in [0.717, 1.165) is 34.9 Å². The summed E-state index contributed by atoms with van der Waals surface area (Å²) in [4.78, 5) is 8.33. The van der Waals surface area contributed by atoms with Gasteiger partial charge in [-0.1, -0.05) is 47.2 Å². The molecule has 0 unspecified atom stereocenters. The van der Waals surface area contributed by atoms with Gasteiger partial charge in [-0.15, -0.1) is 0 Å². The molecule has 0 saturated heterocycles. The fourth-order valence-corrected chi connectivity index (χ4v) is 2.17. The molecule has 2 N–H and O–H groups in total. The Bertz CT molecular complexity index is 611. The topological polar surface area (TPSA) is 61.0 Å². The molecule has 0 saturated carbocycles. The monoisotopic (exact) mass is 333 g/mol. The Labute approximate surface area is 127 Å². The van der Waals surface area contributed by atoms with Crippen LogP contribution in [0.25, 0.3) is 0 Å². The number of nitrogens with two attached hydrogens (primary N) is 1. The molecule has 1 aromatic heterocycles. The third-order valence-corrected chi connectivity index (χ3v) is 3.26. The number of rotatable bonds is 5. The van der Waals surface area contributed by atoms with Crippen LogP contribution in [-0.4, -0.2) is 16.6 Å². The highest BCUT2D eigenvalue weighted by atomic mass is 79.9. The molecular weight excluding hydrogens is 318 g/mol. The quantitative estimate of drug-likeness (QED) is 0.841. The SMILES string of the molecule is CCCc1cnc(OCC2=CC(Br)=CCC#C2)nc1N. The Morgan fingerprint density at radius 1 is 1.50 bits per heavy atom. The lowest BCUT2D eigenvalue weighted by Crippen LogP contribution is -2.06. The molecule has 0 atom stereocenters. The Balaban J connectivity index is 2.02. The van der Waals surface area contributed by atoms with Gasteiger partial charge in [0.2, 0.25) is 0 Å². The van der Waals surface area contributed by atoms with Gasteiger partial charge in [-0.3, -0.25) is 0 Å². The van der Waals surface area contributed by atoms with Crippen molar-refractivity contribution in [3.8, 4) is 17.9 Å². The summed E-state index contributed by atoms with van der Waals surface area (Å²) in [5, 5.41) is 0. The van der Waals surface area contributed by atoms with E-state index in [9.17, 15) is 0 Å². The Hall–Kier alpha value is -1.80. The summed E-state index contributed by atoms with van der Waals surface area (Å²) in [5.74, 6) is 6.56. The van der Waals surface area contributed by atoms with E-state index in [1.165, 1.54) is 0 Å². The average Bonchev–Trinajstić information content (AvgIpc) is 2.64. The number of hydrogen-bond acceptors (Lipinski definition) is 4. The molecule has 0 spiro atoms. The Kier molecular flexibility index (Phi) is 5.19. The summed E-state index contributed by atoms with van der Waals surface area (Å²) in [7, 11) is 0. The highest BCUT2D eigenvalue weighted by Gasteiger charge is 2.06. The molecule has 4 nitrogen and oxygen atoms in total. The molecule has 0 aromatic carbocycles. The van der Waals surface area contributed by atoms with Gasteiger partial charge < -0.3 is 10.5 Å². The normalized spacial score (nSPS) is 13.7. The van der Waals surface area contributed by atoms with Crippen LogP contribution in [-0.2, 0) is 6.42 Å². The molecule has 104 valence electrons. The number of aryl methyl sites for hydroxylation is 1. The van der Waals surface area contributed by atoms with E-state index < -0.39 is 0 Å². The van der Waals surface area contributed by atoms with Crippen LogP contribution in [0.2, 0.25) is 0 Å². The van der Waals surface area contributed by atoms with Gasteiger partial charge in [-0.05, 0) is 12.5 Å². The zero-order valence-corrected chi connectivity index (χ0v) is 12.9. The van der Waals surface area contributed by atoms with Gasteiger partial charge in [0.1, 0.15) is 12.4 Å². The first-order valence-corrected chi connectivity index (χ1v) is 7.27. The molecule has 0 bridgehead atoms. The van der Waals surface area contributed by atoms with Crippen molar-refractivity contribution in [2.75, 3.05) is 12.3 Å². The minimum absolute atomic E-state index is 0.286. The van der Waals surface area contributed by atoms with Gasteiger partial charge in [0.25, 0.3) is 0 Å². The minimum atomic E-state index is 0.286. The number of aromatic nitrogens is 2. The third kappa shape index (κ3) is 4.10. The molecule has 1 aliphatic carbocycles. The van der Waals surface area contributed by atoms with Crippen LogP contribution >= 0.6 is 15.9 Å². The predicted molar refractivity (Wildman–Crippen MR) is 83.4 cm³/mol. The third-order valence-electron chi connectivity index (χ3n) is 2.71. The van der Waals surface area contributed by atoms with E-state index in [1.54, 1.807) is 6.20 Å². The molecule has 2 rings (SSSR count). The van der Waals surface area contributed by atoms with Crippen LogP contribution in [0.5, 0.6) is 6.01 Å². The molecule has 20 heavy (non-hydrogen) atoms. The van der Waals surface area contributed by atoms with Crippen LogP contribution in [0.3, 0.4) is 0 Å². The molecule has 0 radical (unpaired) electrons. The fourth-order valence-electron chi connectivity index (χ4n) is 1.73. The molecule has 0 amide bonds. The fraction of sp³-hybridized carbons (Fsp3) is 0.333. The summed E-state index contributed by atoms with van der Waals surface area (Å²) < 4.78 is 6.54. The van der Waals surface area contributed by atoms with Gasteiger partial charge in [-0.25, -0.2) is 4.98 Å². The number of nitrogens with zero attached hydrogens (tertiary/aromatic N) is 2. The highest BCUT2D eigenvalue weighted by molar-refractivity contribution is 9.11. The predicted octanol–water partition coefficient (Wildman–Crippen LogP) is 3.00. The first kappa shape index (κ1) is 14.6. The van der Waals surface area contributed by atoms with Gasteiger partial charge in [0.05, 0.1) is 0 Å². The summed E-state index contributed by atoms with van der Waals surface area (Å²) in [6, 6.07) is 0.286. The van der Waals surface area contributed by atoms with Crippen molar-refractivity contribution < 1.29 is 4.74 Å². The summed E-state index contributed by atoms with van der Waals surface area (Å²) in [6.45, 7) is 2.43. The number of anilines is 1. The number of halogens is 1. The van der Waals surface area contributed by atoms with E-state index in [0.29, 0.717) is 12.4 Å². The molecule has 1 aliphatic rings. The second-order valence-corrected chi connectivity index (χ2v) is 5.28. The first-order chi connectivity index (χ1) is 9.69. The van der Waals surface area contributed by atoms with Gasteiger partial charge in [0, 0.05) is 28.2 Å². The van der Waals surface area contributed by atoms with Crippen LogP contribution in [0.1, 0.15) is 25.3 Å². The maximum atomic E-state index is 5.87. The first-order valence-electron chi connectivity index (χ1n) is 6.48. The lowest BCUT2D eigenvalue weighted by atomic mass is 10.2. The molecular formula is C15H16BrN3O. The van der Waals surface area contributed by atoms with Gasteiger partial charge >= 0.3 is 6.01 Å². The van der Waals surface area contributed by atoms with Crippen molar-refractivity contribution in [3.05, 3.63) is 34.0 Å². The molecule has 0 aliphatic heterocycles. The van der Waals surface area contributed by atoms with Crippen molar-refractivity contribution in [2.45, 2.75) is 26.2 Å². The van der Waals surface area contributed by atoms with Crippen LogP contribution in [0.15, 0.2) is 28.4 Å². The zero-order chi connectivity index (χ0) is 14.4. The standard InChI is InChI=1S/C15H16BrN3O/c1-2-5-12-9-18-15(19-14(12)17)20-10-11-6-3-4-7-13(16)8-11/h7-9H,2,4-5,10H2,1H3,(H2,17,18,19). The van der Waals surface area contributed by atoms with Crippen molar-refractivity contribution >= 4 is 21.7 Å². The highest BCUT2D eigenvalue weighted by Crippen LogP contribution is 2.16. The number of allylic oxidation sites excluding steroid dienone is 3. The lowest BCUT2D eigenvalue weighted by molar-refractivity contribution is 0.327. The molecule has 1 aromatic rings. The number of ether oxygens (including phenoxy) is 1. The summed E-state index contributed by atoms with van der Waals surface area (Å²) in [5.41, 5.74) is 7.71. The lowest BCUT2D eigenvalue weighted by Gasteiger charge is -2.07. The summed E-state index contributed by atoms with van der Waals surface area (Å²) >= 11 is 3.44. The molecule has 0 fully saturated rings. The molecule has 1 heterocycles. The van der Waals surface area contributed by atoms with E-state index in [4.69, 9.17) is 10.5 Å². The Morgan fingerprint density at radius 2 is 2.35 bits per heavy atom. The maximum absolute atomic E-state index is 5.87. The number of nitrogen functional groups attached to an aromatic ring is 1. The molecule has 5 heteroatoms. The van der Waals surface area contributed by atoms with Crippen LogP contribution in [0, 0.1) is 11.8 Å². The number of hydrogen-bond donors (Lipinski definition) is 1. The van der Waals surface area contributed by atoms with Gasteiger partial charge in [-0.2, -0.15) is 4.98 Å².